The van der Waals surface area contributed by atoms with Crippen LogP contribution in [0.1, 0.15) is 83.1 Å². The van der Waals surface area contributed by atoms with Gasteiger partial charge in [0.2, 0.25) is 0 Å². The minimum Gasteiger partial charge on any atom is -0.494 e. The lowest BCUT2D eigenvalue weighted by atomic mass is 9.68. The molecule has 32 heavy (non-hydrogen) atoms. The summed E-state index contributed by atoms with van der Waals surface area (Å²) in [5.74, 6) is 4.41. The molecule has 0 spiro atoms. The molecule has 0 saturated heterocycles. The predicted octanol–water partition coefficient (Wildman–Crippen LogP) is 8.89. The standard InChI is InChI=1S/C30H41FO/c1-3-5-6-22-7-12-24(13-8-22)25-14-9-23(10-15-25)11-16-26-17-18-27-21-28(32-4-2)19-20-29(27)30(26)31/h3,17-25H,1,4-16H2,2H3. The fraction of sp³-hybridized carbons (Fsp3) is 0.600. The van der Waals surface area contributed by atoms with Gasteiger partial charge in [0.05, 0.1) is 6.61 Å². The lowest BCUT2D eigenvalue weighted by Crippen LogP contribution is -2.26. The van der Waals surface area contributed by atoms with Crippen molar-refractivity contribution < 1.29 is 9.13 Å². The van der Waals surface area contributed by atoms with Gasteiger partial charge in [-0.15, -0.1) is 6.58 Å². The van der Waals surface area contributed by atoms with Crippen molar-refractivity contribution in [2.75, 3.05) is 6.61 Å². The van der Waals surface area contributed by atoms with Crippen LogP contribution in [0.5, 0.6) is 5.75 Å². The van der Waals surface area contributed by atoms with Crippen molar-refractivity contribution in [2.24, 2.45) is 23.7 Å². The number of rotatable bonds is 9. The van der Waals surface area contributed by atoms with Gasteiger partial charge in [-0.3, -0.25) is 0 Å². The molecule has 2 aliphatic carbocycles. The summed E-state index contributed by atoms with van der Waals surface area (Å²) in [6.07, 6.45) is 17.8. The van der Waals surface area contributed by atoms with Crippen molar-refractivity contribution in [1.29, 1.82) is 0 Å². The normalized spacial score (nSPS) is 26.2. The number of hydrogen-bond acceptors (Lipinski definition) is 1. The van der Waals surface area contributed by atoms with Crippen LogP contribution in [0.2, 0.25) is 0 Å². The fourth-order valence-corrected chi connectivity index (χ4v) is 6.37. The van der Waals surface area contributed by atoms with Crippen molar-refractivity contribution >= 4 is 10.8 Å². The maximum Gasteiger partial charge on any atom is 0.134 e. The number of halogens is 1. The van der Waals surface area contributed by atoms with Crippen molar-refractivity contribution in [2.45, 2.75) is 84.0 Å². The summed E-state index contributed by atoms with van der Waals surface area (Å²) < 4.78 is 20.7. The summed E-state index contributed by atoms with van der Waals surface area (Å²) in [4.78, 5) is 0. The van der Waals surface area contributed by atoms with E-state index < -0.39 is 0 Å². The van der Waals surface area contributed by atoms with Gasteiger partial charge < -0.3 is 4.74 Å². The van der Waals surface area contributed by atoms with Crippen LogP contribution in [0.3, 0.4) is 0 Å². The topological polar surface area (TPSA) is 9.23 Å². The van der Waals surface area contributed by atoms with E-state index in [4.69, 9.17) is 4.74 Å². The molecule has 2 aromatic carbocycles. The minimum atomic E-state index is -0.0348. The van der Waals surface area contributed by atoms with Crippen LogP contribution in [0.25, 0.3) is 10.8 Å². The number of aryl methyl sites for hydroxylation is 1. The van der Waals surface area contributed by atoms with E-state index in [0.717, 1.165) is 58.6 Å². The zero-order valence-corrected chi connectivity index (χ0v) is 20.0. The molecule has 0 unspecified atom stereocenters. The van der Waals surface area contributed by atoms with Crippen LogP contribution in [-0.4, -0.2) is 6.61 Å². The van der Waals surface area contributed by atoms with Crippen molar-refractivity contribution in [3.63, 3.8) is 0 Å². The summed E-state index contributed by atoms with van der Waals surface area (Å²) in [7, 11) is 0. The summed E-state index contributed by atoms with van der Waals surface area (Å²) in [5.41, 5.74) is 0.877. The lowest BCUT2D eigenvalue weighted by Gasteiger charge is -2.38. The molecule has 0 radical (unpaired) electrons. The Kier molecular flexibility index (Phi) is 8.27. The van der Waals surface area contributed by atoms with E-state index in [9.17, 15) is 0 Å². The SMILES string of the molecule is C=CCCC1CCC(C2CCC(CCc3ccc4cc(OCC)ccc4c3F)CC2)CC1. The maximum absolute atomic E-state index is 15.1. The van der Waals surface area contributed by atoms with Crippen molar-refractivity contribution in [3.05, 3.63) is 54.4 Å². The first-order chi connectivity index (χ1) is 15.7. The highest BCUT2D eigenvalue weighted by Gasteiger charge is 2.30. The molecule has 0 atom stereocenters. The van der Waals surface area contributed by atoms with E-state index in [2.05, 4.69) is 18.7 Å². The fourth-order valence-electron chi connectivity index (χ4n) is 6.37. The molecular formula is C30H41FO. The number of fused-ring (bicyclic) bond motifs is 1. The minimum absolute atomic E-state index is 0.0348. The van der Waals surface area contributed by atoms with Gasteiger partial charge in [0, 0.05) is 5.39 Å². The highest BCUT2D eigenvalue weighted by molar-refractivity contribution is 5.85. The highest BCUT2D eigenvalue weighted by Crippen LogP contribution is 2.43. The first-order valence-electron chi connectivity index (χ1n) is 13.1. The average Bonchev–Trinajstić information content (AvgIpc) is 2.83. The van der Waals surface area contributed by atoms with Gasteiger partial charge in [0.25, 0.3) is 0 Å². The van der Waals surface area contributed by atoms with Crippen LogP contribution in [-0.2, 0) is 6.42 Å². The zero-order chi connectivity index (χ0) is 22.3. The van der Waals surface area contributed by atoms with Gasteiger partial charge in [-0.25, -0.2) is 4.39 Å². The molecule has 1 nitrogen and oxygen atoms in total. The lowest BCUT2D eigenvalue weighted by molar-refractivity contribution is 0.141. The predicted molar refractivity (Wildman–Crippen MR) is 134 cm³/mol. The van der Waals surface area contributed by atoms with E-state index in [0.29, 0.717) is 6.61 Å². The summed E-state index contributed by atoms with van der Waals surface area (Å²) in [5, 5.41) is 1.65. The number of ether oxygens (including phenoxy) is 1. The molecule has 0 amide bonds. The third-order valence-electron chi connectivity index (χ3n) is 8.37. The average molecular weight is 437 g/mol. The van der Waals surface area contributed by atoms with E-state index in [1.165, 1.54) is 64.2 Å². The van der Waals surface area contributed by atoms with E-state index in [1.54, 1.807) is 0 Å². The summed E-state index contributed by atoms with van der Waals surface area (Å²) >= 11 is 0. The van der Waals surface area contributed by atoms with Crippen LogP contribution in [0.15, 0.2) is 43.0 Å². The molecular weight excluding hydrogens is 395 g/mol. The second kappa shape index (κ2) is 11.3. The first kappa shape index (κ1) is 23.3. The van der Waals surface area contributed by atoms with E-state index in [1.807, 2.05) is 31.2 Å². The van der Waals surface area contributed by atoms with Gasteiger partial charge in [0.1, 0.15) is 11.6 Å². The Morgan fingerprint density at radius 2 is 1.56 bits per heavy atom. The molecule has 0 bridgehead atoms. The Labute approximate surface area is 194 Å². The second-order valence-corrected chi connectivity index (χ2v) is 10.3. The molecule has 2 saturated carbocycles. The smallest absolute Gasteiger partial charge is 0.134 e. The van der Waals surface area contributed by atoms with Crippen LogP contribution in [0, 0.1) is 29.5 Å². The van der Waals surface area contributed by atoms with Gasteiger partial charge in [-0.1, -0.05) is 43.9 Å². The van der Waals surface area contributed by atoms with E-state index >= 15 is 4.39 Å². The van der Waals surface area contributed by atoms with Crippen LogP contribution < -0.4 is 4.74 Å². The number of benzene rings is 2. The molecule has 0 aromatic heterocycles. The monoisotopic (exact) mass is 436 g/mol. The third kappa shape index (κ3) is 5.74. The summed E-state index contributed by atoms with van der Waals surface area (Å²) in [6, 6.07) is 9.74. The van der Waals surface area contributed by atoms with Crippen molar-refractivity contribution in [3.8, 4) is 5.75 Å². The molecule has 2 heteroatoms. The van der Waals surface area contributed by atoms with Gasteiger partial charge in [-0.2, -0.15) is 0 Å². The molecule has 4 rings (SSSR count). The van der Waals surface area contributed by atoms with Crippen LogP contribution in [0.4, 0.5) is 4.39 Å². The van der Waals surface area contributed by atoms with E-state index in [-0.39, 0.29) is 5.82 Å². The number of hydrogen-bond donors (Lipinski definition) is 0. The maximum atomic E-state index is 15.1. The van der Waals surface area contributed by atoms with Gasteiger partial charge >= 0.3 is 0 Å². The first-order valence-corrected chi connectivity index (χ1v) is 13.1. The highest BCUT2D eigenvalue weighted by atomic mass is 19.1. The molecule has 2 fully saturated rings. The molecule has 2 aromatic rings. The Balaban J connectivity index is 1.24. The largest absolute Gasteiger partial charge is 0.494 e. The Morgan fingerprint density at radius 3 is 2.19 bits per heavy atom. The molecule has 0 N–H and O–H groups in total. The summed E-state index contributed by atoms with van der Waals surface area (Å²) in [6.45, 7) is 6.48. The third-order valence-corrected chi connectivity index (χ3v) is 8.37. The second-order valence-electron chi connectivity index (χ2n) is 10.3. The Hall–Kier alpha value is -1.83. The molecule has 0 heterocycles. The molecule has 174 valence electrons. The molecule has 0 aliphatic heterocycles. The molecule has 2 aliphatic rings. The van der Waals surface area contributed by atoms with Crippen LogP contribution >= 0.6 is 0 Å². The Bertz CT molecular complexity index is 872. The Morgan fingerprint density at radius 1 is 0.906 bits per heavy atom. The van der Waals surface area contributed by atoms with Gasteiger partial charge in [-0.05, 0) is 111 Å². The van der Waals surface area contributed by atoms with Gasteiger partial charge in [0.15, 0.2) is 0 Å². The zero-order valence-electron chi connectivity index (χ0n) is 20.0. The quantitative estimate of drug-likeness (QED) is 0.357. The number of allylic oxidation sites excluding steroid dienone is 1. The van der Waals surface area contributed by atoms with Crippen molar-refractivity contribution in [1.82, 2.24) is 0 Å².